The molecule has 3 aromatic carbocycles. The van der Waals surface area contributed by atoms with Crippen molar-refractivity contribution >= 4 is 12.1 Å². The highest BCUT2D eigenvalue weighted by Gasteiger charge is 2.27. The van der Waals surface area contributed by atoms with Gasteiger partial charge in [0.15, 0.2) is 0 Å². The van der Waals surface area contributed by atoms with Crippen LogP contribution >= 0.6 is 0 Å². The summed E-state index contributed by atoms with van der Waals surface area (Å²) in [4.78, 5) is 25.7. The zero-order valence-electron chi connectivity index (χ0n) is 18.8. The van der Waals surface area contributed by atoms with Crippen LogP contribution in [0.25, 0.3) is 11.1 Å². The van der Waals surface area contributed by atoms with Crippen LogP contribution in [-0.2, 0) is 35.5 Å². The van der Waals surface area contributed by atoms with E-state index in [1.165, 1.54) is 0 Å². The van der Waals surface area contributed by atoms with Crippen LogP contribution in [0.5, 0.6) is 5.75 Å². The summed E-state index contributed by atoms with van der Waals surface area (Å²) >= 11 is 0. The summed E-state index contributed by atoms with van der Waals surface area (Å²) in [7, 11) is 1.55. The number of rotatable bonds is 6. The SMILES string of the molecule is COc1ccc(CC(=O)O)cc1-c1ccc(C#N)c2c1CN(C(=O)OCc1ccccc1)CC2. The molecule has 0 saturated carbocycles. The van der Waals surface area contributed by atoms with Crippen molar-refractivity contribution in [2.45, 2.75) is 26.0 Å². The van der Waals surface area contributed by atoms with Crippen molar-refractivity contribution in [3.05, 3.63) is 88.5 Å². The van der Waals surface area contributed by atoms with Gasteiger partial charge in [-0.3, -0.25) is 4.79 Å². The molecule has 7 nitrogen and oxygen atoms in total. The largest absolute Gasteiger partial charge is 0.496 e. The van der Waals surface area contributed by atoms with Gasteiger partial charge in [-0.2, -0.15) is 5.26 Å². The summed E-state index contributed by atoms with van der Waals surface area (Å²) in [6, 6.07) is 20.6. The Morgan fingerprint density at radius 1 is 1.03 bits per heavy atom. The van der Waals surface area contributed by atoms with Crippen LogP contribution in [0.1, 0.15) is 27.8 Å². The maximum absolute atomic E-state index is 12.8. The second-order valence-corrected chi connectivity index (χ2v) is 8.05. The molecule has 7 heteroatoms. The van der Waals surface area contributed by atoms with E-state index in [-0.39, 0.29) is 19.6 Å². The molecule has 1 heterocycles. The smallest absolute Gasteiger partial charge is 0.410 e. The van der Waals surface area contributed by atoms with Gasteiger partial charge in [0.25, 0.3) is 0 Å². The minimum absolute atomic E-state index is 0.118. The third-order valence-electron chi connectivity index (χ3n) is 5.91. The topological polar surface area (TPSA) is 99.9 Å². The van der Waals surface area contributed by atoms with Gasteiger partial charge in [0.05, 0.1) is 25.2 Å². The van der Waals surface area contributed by atoms with Gasteiger partial charge in [-0.15, -0.1) is 0 Å². The third-order valence-corrected chi connectivity index (χ3v) is 5.91. The Morgan fingerprint density at radius 3 is 2.53 bits per heavy atom. The van der Waals surface area contributed by atoms with E-state index in [0.29, 0.717) is 29.8 Å². The zero-order valence-corrected chi connectivity index (χ0v) is 18.8. The summed E-state index contributed by atoms with van der Waals surface area (Å²) in [5, 5.41) is 18.9. The number of nitrogens with zero attached hydrogens (tertiary/aromatic N) is 2. The normalized spacial score (nSPS) is 12.4. The van der Waals surface area contributed by atoms with Crippen LogP contribution in [0.4, 0.5) is 4.79 Å². The number of carbonyl (C=O) groups excluding carboxylic acids is 1. The van der Waals surface area contributed by atoms with Crippen molar-refractivity contribution in [2.24, 2.45) is 0 Å². The Hall–Kier alpha value is -4.31. The van der Waals surface area contributed by atoms with Crippen LogP contribution in [-0.4, -0.2) is 35.7 Å². The number of carbonyl (C=O) groups is 2. The highest BCUT2D eigenvalue weighted by Crippen LogP contribution is 2.38. The molecule has 0 bridgehead atoms. The number of fused-ring (bicyclic) bond motifs is 1. The molecule has 0 aliphatic carbocycles. The van der Waals surface area contributed by atoms with Crippen molar-refractivity contribution in [1.82, 2.24) is 4.90 Å². The van der Waals surface area contributed by atoms with Crippen molar-refractivity contribution in [1.29, 1.82) is 5.26 Å². The highest BCUT2D eigenvalue weighted by molar-refractivity contribution is 5.79. The standard InChI is InChI=1S/C27H24N2O5/c1-33-25-10-7-19(14-26(30)31)13-23(25)22-9-8-20(15-28)21-11-12-29(16-24(21)22)27(32)34-17-18-5-3-2-4-6-18/h2-10,13H,11-12,14,16-17H2,1H3,(H,30,31). The maximum Gasteiger partial charge on any atom is 0.410 e. The van der Waals surface area contributed by atoms with E-state index in [2.05, 4.69) is 6.07 Å². The van der Waals surface area contributed by atoms with Crippen LogP contribution in [0.15, 0.2) is 60.7 Å². The summed E-state index contributed by atoms with van der Waals surface area (Å²) < 4.78 is 11.1. The molecule has 4 rings (SSSR count). The molecule has 0 spiro atoms. The highest BCUT2D eigenvalue weighted by atomic mass is 16.6. The van der Waals surface area contributed by atoms with Crippen LogP contribution in [0, 0.1) is 11.3 Å². The Balaban J connectivity index is 1.67. The molecule has 172 valence electrons. The predicted molar refractivity (Wildman–Crippen MR) is 125 cm³/mol. The number of nitriles is 1. The molecule has 1 aliphatic rings. The predicted octanol–water partition coefficient (Wildman–Crippen LogP) is 4.56. The second-order valence-electron chi connectivity index (χ2n) is 8.05. The second kappa shape index (κ2) is 10.1. The quantitative estimate of drug-likeness (QED) is 0.584. The third kappa shape index (κ3) is 4.86. The lowest BCUT2D eigenvalue weighted by molar-refractivity contribution is -0.136. The number of amides is 1. The fraction of sp³-hybridized carbons (Fsp3) is 0.222. The van der Waals surface area contributed by atoms with E-state index in [4.69, 9.17) is 9.47 Å². The average Bonchev–Trinajstić information content (AvgIpc) is 2.86. The Bertz CT molecular complexity index is 1260. The molecule has 0 fully saturated rings. The summed E-state index contributed by atoms with van der Waals surface area (Å²) in [5.41, 5.74) is 5.36. The van der Waals surface area contributed by atoms with Gasteiger partial charge in [0.2, 0.25) is 0 Å². The van der Waals surface area contributed by atoms with Gasteiger partial charge in [-0.05, 0) is 52.4 Å². The Labute approximate surface area is 197 Å². The fourth-order valence-electron chi connectivity index (χ4n) is 4.25. The van der Waals surface area contributed by atoms with E-state index < -0.39 is 12.1 Å². The van der Waals surface area contributed by atoms with Crippen molar-refractivity contribution < 1.29 is 24.2 Å². The molecule has 3 aromatic rings. The monoisotopic (exact) mass is 456 g/mol. The molecular weight excluding hydrogens is 432 g/mol. The first-order valence-electron chi connectivity index (χ1n) is 10.9. The van der Waals surface area contributed by atoms with E-state index in [0.717, 1.165) is 27.8 Å². The van der Waals surface area contributed by atoms with Crippen LogP contribution < -0.4 is 4.74 Å². The van der Waals surface area contributed by atoms with E-state index >= 15 is 0 Å². The van der Waals surface area contributed by atoms with Gasteiger partial charge in [0.1, 0.15) is 12.4 Å². The summed E-state index contributed by atoms with van der Waals surface area (Å²) in [6.45, 7) is 0.897. The maximum atomic E-state index is 12.8. The number of hydrogen-bond donors (Lipinski definition) is 1. The first-order chi connectivity index (χ1) is 16.5. The first kappa shape index (κ1) is 22.9. The average molecular weight is 456 g/mol. The number of carboxylic acid groups (broad SMARTS) is 1. The van der Waals surface area contributed by atoms with E-state index in [1.54, 1.807) is 36.3 Å². The number of aliphatic carboxylic acids is 1. The van der Waals surface area contributed by atoms with Crippen molar-refractivity contribution in [3.8, 4) is 22.9 Å². The number of benzene rings is 3. The molecule has 0 unspecified atom stereocenters. The lowest BCUT2D eigenvalue weighted by Crippen LogP contribution is -2.37. The van der Waals surface area contributed by atoms with Gasteiger partial charge < -0.3 is 19.5 Å². The minimum Gasteiger partial charge on any atom is -0.496 e. The van der Waals surface area contributed by atoms with Gasteiger partial charge in [-0.25, -0.2) is 4.79 Å². The minimum atomic E-state index is -0.926. The molecule has 1 amide bonds. The Morgan fingerprint density at radius 2 is 1.82 bits per heavy atom. The van der Waals surface area contributed by atoms with Gasteiger partial charge >= 0.3 is 12.1 Å². The molecule has 0 saturated heterocycles. The molecule has 1 N–H and O–H groups in total. The fourth-order valence-corrected chi connectivity index (χ4v) is 4.25. The Kier molecular flexibility index (Phi) is 6.79. The van der Waals surface area contributed by atoms with E-state index in [9.17, 15) is 20.0 Å². The van der Waals surface area contributed by atoms with Crippen molar-refractivity contribution in [3.63, 3.8) is 0 Å². The lowest BCUT2D eigenvalue weighted by atomic mass is 9.87. The van der Waals surface area contributed by atoms with Crippen LogP contribution in [0.2, 0.25) is 0 Å². The number of hydrogen-bond acceptors (Lipinski definition) is 5. The lowest BCUT2D eigenvalue weighted by Gasteiger charge is -2.30. The van der Waals surface area contributed by atoms with Crippen molar-refractivity contribution in [2.75, 3.05) is 13.7 Å². The first-order valence-corrected chi connectivity index (χ1v) is 10.9. The number of ether oxygens (including phenoxy) is 2. The van der Waals surface area contributed by atoms with Crippen LogP contribution in [0.3, 0.4) is 0 Å². The van der Waals surface area contributed by atoms with E-state index in [1.807, 2.05) is 36.4 Å². The summed E-state index contributed by atoms with van der Waals surface area (Å²) in [5.74, 6) is -0.338. The molecule has 1 aliphatic heterocycles. The van der Waals surface area contributed by atoms with Gasteiger partial charge in [0, 0.05) is 18.7 Å². The molecule has 0 atom stereocenters. The zero-order chi connectivity index (χ0) is 24.1. The molecule has 0 radical (unpaired) electrons. The number of carboxylic acids is 1. The molecule has 34 heavy (non-hydrogen) atoms. The van der Waals surface area contributed by atoms with Gasteiger partial charge in [-0.1, -0.05) is 42.5 Å². The number of methoxy groups -OCH3 is 1. The summed E-state index contributed by atoms with van der Waals surface area (Å²) in [6.07, 6.45) is -0.0220. The molecule has 0 aromatic heterocycles. The molecular formula is C27H24N2O5.